The molecule has 0 amide bonds. The number of alkyl halides is 3. The Morgan fingerprint density at radius 1 is 1.05 bits per heavy atom. The van der Waals surface area contributed by atoms with Crippen LogP contribution in [0.2, 0.25) is 5.28 Å². The lowest BCUT2D eigenvalue weighted by atomic mass is 10.1. The molecule has 0 aliphatic rings. The van der Waals surface area contributed by atoms with Gasteiger partial charge in [-0.2, -0.15) is 28.6 Å². The smallest absolute Gasteiger partial charge is 0.226 e. The van der Waals surface area contributed by atoms with Crippen LogP contribution in [0, 0.1) is 0 Å². The van der Waals surface area contributed by atoms with Gasteiger partial charge in [0.2, 0.25) is 5.28 Å². The summed E-state index contributed by atoms with van der Waals surface area (Å²) in [6, 6.07) is 6.36. The van der Waals surface area contributed by atoms with E-state index < -0.39 is 11.7 Å². The van der Waals surface area contributed by atoms with Gasteiger partial charge in [0.15, 0.2) is 0 Å². The second kappa shape index (κ2) is 5.38. The molecule has 9 heteroatoms. The second-order valence-electron chi connectivity index (χ2n) is 4.31. The van der Waals surface area contributed by atoms with Gasteiger partial charge in [-0.3, -0.25) is 0 Å². The molecule has 0 bridgehead atoms. The minimum Gasteiger partial charge on any atom is -0.226 e. The Bertz CT molecular complexity index is 815. The first-order valence-electron chi connectivity index (χ1n) is 6.02. The molecule has 5 nitrogen and oxygen atoms in total. The molecule has 0 fully saturated rings. The number of benzene rings is 1. The number of nitrogens with zero attached hydrogens (tertiary/aromatic N) is 4. The molecule has 1 N–H and O–H groups in total. The number of hydrogen-bond donors (Lipinski definition) is 1. The van der Waals surface area contributed by atoms with Gasteiger partial charge in [-0.05, 0) is 29.8 Å². The summed E-state index contributed by atoms with van der Waals surface area (Å²) in [4.78, 5) is 7.73. The molecule has 3 aromatic rings. The predicted octanol–water partition coefficient (Wildman–Crippen LogP) is 3.60. The second-order valence-corrected chi connectivity index (χ2v) is 4.65. The number of nitrogens with one attached hydrogen (secondary N) is 1. The van der Waals surface area contributed by atoms with Gasteiger partial charge in [-0.1, -0.05) is 12.1 Å². The highest BCUT2D eigenvalue weighted by atomic mass is 35.5. The monoisotopic (exact) mass is 325 g/mol. The van der Waals surface area contributed by atoms with Crippen molar-refractivity contribution in [2.45, 2.75) is 6.18 Å². The molecular formula is C13H7ClF3N5. The van der Waals surface area contributed by atoms with Crippen molar-refractivity contribution in [3.63, 3.8) is 0 Å². The quantitative estimate of drug-likeness (QED) is 0.731. The fourth-order valence-corrected chi connectivity index (χ4v) is 2.07. The fourth-order valence-electron chi connectivity index (χ4n) is 1.92. The highest BCUT2D eigenvalue weighted by Gasteiger charge is 2.31. The third-order valence-electron chi connectivity index (χ3n) is 2.88. The molecule has 0 saturated carbocycles. The normalized spacial score (nSPS) is 11.6. The summed E-state index contributed by atoms with van der Waals surface area (Å²) in [5, 5.41) is 10.2. The van der Waals surface area contributed by atoms with E-state index >= 15 is 0 Å². The molecule has 0 unspecified atom stereocenters. The summed E-state index contributed by atoms with van der Waals surface area (Å²) in [5.41, 5.74) is 0.415. The Kier molecular flexibility index (Phi) is 3.53. The van der Waals surface area contributed by atoms with E-state index in [-0.39, 0.29) is 16.5 Å². The maximum absolute atomic E-state index is 12.8. The third-order valence-corrected chi connectivity index (χ3v) is 3.06. The van der Waals surface area contributed by atoms with Gasteiger partial charge in [0.1, 0.15) is 11.4 Å². The Balaban J connectivity index is 2.10. The van der Waals surface area contributed by atoms with Crippen LogP contribution in [0.25, 0.3) is 22.6 Å². The number of halogens is 4. The van der Waals surface area contributed by atoms with Gasteiger partial charge < -0.3 is 0 Å². The molecule has 0 radical (unpaired) electrons. The fraction of sp³-hybridized carbons (Fsp3) is 0.0769. The van der Waals surface area contributed by atoms with E-state index in [0.717, 1.165) is 12.1 Å². The molecular weight excluding hydrogens is 319 g/mol. The van der Waals surface area contributed by atoms with Crippen molar-refractivity contribution in [2.75, 3.05) is 0 Å². The number of aromatic nitrogens is 5. The maximum Gasteiger partial charge on any atom is 0.416 e. The van der Waals surface area contributed by atoms with Crippen LogP contribution in [-0.4, -0.2) is 25.4 Å². The third kappa shape index (κ3) is 2.77. The van der Waals surface area contributed by atoms with E-state index in [4.69, 9.17) is 11.6 Å². The van der Waals surface area contributed by atoms with Crippen molar-refractivity contribution in [3.8, 4) is 22.6 Å². The van der Waals surface area contributed by atoms with Crippen molar-refractivity contribution in [2.24, 2.45) is 0 Å². The first kappa shape index (κ1) is 14.5. The van der Waals surface area contributed by atoms with Crippen molar-refractivity contribution in [1.82, 2.24) is 25.4 Å². The van der Waals surface area contributed by atoms with Crippen LogP contribution in [0.15, 0.2) is 36.5 Å². The molecule has 3 rings (SSSR count). The van der Waals surface area contributed by atoms with Crippen LogP contribution in [-0.2, 0) is 6.18 Å². The zero-order chi connectivity index (χ0) is 15.7. The number of H-pyrrole nitrogens is 1. The van der Waals surface area contributed by atoms with Crippen LogP contribution in [0.3, 0.4) is 0 Å². The molecule has 0 aliphatic heterocycles. The molecule has 2 heterocycles. The Morgan fingerprint density at radius 3 is 2.55 bits per heavy atom. The lowest BCUT2D eigenvalue weighted by molar-refractivity contribution is -0.137. The van der Waals surface area contributed by atoms with Gasteiger partial charge in [-0.25, -0.2) is 9.97 Å². The first-order chi connectivity index (χ1) is 10.4. The highest BCUT2D eigenvalue weighted by molar-refractivity contribution is 6.28. The minimum absolute atomic E-state index is 0.00972. The highest BCUT2D eigenvalue weighted by Crippen LogP contribution is 2.33. The summed E-state index contributed by atoms with van der Waals surface area (Å²) in [6.45, 7) is 0. The van der Waals surface area contributed by atoms with Crippen molar-refractivity contribution < 1.29 is 13.2 Å². The van der Waals surface area contributed by atoms with E-state index in [1.165, 1.54) is 18.3 Å². The Hall–Kier alpha value is -2.48. The predicted molar refractivity (Wildman–Crippen MR) is 72.9 cm³/mol. The van der Waals surface area contributed by atoms with Crippen LogP contribution in [0.4, 0.5) is 13.2 Å². The van der Waals surface area contributed by atoms with Gasteiger partial charge >= 0.3 is 6.18 Å². The average Bonchev–Trinajstić information content (AvgIpc) is 2.96. The summed E-state index contributed by atoms with van der Waals surface area (Å²) >= 11 is 5.72. The number of hydrogen-bond acceptors (Lipinski definition) is 4. The Labute approximate surface area is 127 Å². The van der Waals surface area contributed by atoms with Crippen molar-refractivity contribution >= 4 is 11.6 Å². The molecule has 22 heavy (non-hydrogen) atoms. The molecule has 0 atom stereocenters. The van der Waals surface area contributed by atoms with Crippen LogP contribution in [0.1, 0.15) is 5.56 Å². The van der Waals surface area contributed by atoms with E-state index in [0.29, 0.717) is 11.4 Å². The Morgan fingerprint density at radius 2 is 1.82 bits per heavy atom. The first-order valence-corrected chi connectivity index (χ1v) is 6.40. The summed E-state index contributed by atoms with van der Waals surface area (Å²) in [5.74, 6) is 0. The summed E-state index contributed by atoms with van der Waals surface area (Å²) in [7, 11) is 0. The van der Waals surface area contributed by atoms with E-state index in [2.05, 4.69) is 25.4 Å². The van der Waals surface area contributed by atoms with Crippen LogP contribution >= 0.6 is 11.6 Å². The zero-order valence-corrected chi connectivity index (χ0v) is 11.5. The molecule has 0 saturated heterocycles. The topological polar surface area (TPSA) is 67.3 Å². The van der Waals surface area contributed by atoms with E-state index in [9.17, 15) is 13.2 Å². The zero-order valence-electron chi connectivity index (χ0n) is 10.8. The minimum atomic E-state index is -4.43. The van der Waals surface area contributed by atoms with Crippen molar-refractivity contribution in [3.05, 3.63) is 47.4 Å². The lowest BCUT2D eigenvalue weighted by Crippen LogP contribution is -2.04. The number of aromatic amines is 1. The summed E-state index contributed by atoms with van der Waals surface area (Å²) in [6.07, 6.45) is -3.01. The lowest BCUT2D eigenvalue weighted by Gasteiger charge is -2.08. The van der Waals surface area contributed by atoms with Gasteiger partial charge in [0, 0.05) is 11.8 Å². The van der Waals surface area contributed by atoms with Crippen LogP contribution < -0.4 is 0 Å². The number of rotatable bonds is 2. The molecule has 2 aromatic heterocycles. The van der Waals surface area contributed by atoms with Gasteiger partial charge in [0.25, 0.3) is 0 Å². The largest absolute Gasteiger partial charge is 0.416 e. The van der Waals surface area contributed by atoms with Crippen molar-refractivity contribution in [1.29, 1.82) is 0 Å². The van der Waals surface area contributed by atoms with Gasteiger partial charge in [0.05, 0.1) is 11.3 Å². The van der Waals surface area contributed by atoms with Crippen LogP contribution in [0.5, 0.6) is 0 Å². The maximum atomic E-state index is 12.8. The molecule has 112 valence electrons. The van der Waals surface area contributed by atoms with E-state index in [1.54, 1.807) is 6.07 Å². The van der Waals surface area contributed by atoms with E-state index in [1.807, 2.05) is 0 Å². The average molecular weight is 326 g/mol. The molecule has 1 aromatic carbocycles. The molecule has 0 aliphatic carbocycles. The SMILES string of the molecule is FC(F)(F)c1cccc(-c2n[nH]nc2-c2ccnc(Cl)n2)c1. The molecule has 0 spiro atoms. The van der Waals surface area contributed by atoms with Gasteiger partial charge in [-0.15, -0.1) is 0 Å². The standard InChI is InChI=1S/C13H7ClF3N5/c14-12-18-5-4-9(19-12)11-10(20-22-21-11)7-2-1-3-8(6-7)13(15,16)17/h1-6H,(H,20,21,22). The summed E-state index contributed by atoms with van der Waals surface area (Å²) < 4.78 is 38.4.